The summed E-state index contributed by atoms with van der Waals surface area (Å²) in [6.45, 7) is 5.60. The first kappa shape index (κ1) is 12.9. The third kappa shape index (κ3) is 1.90. The fourth-order valence-electron chi connectivity index (χ4n) is 3.30. The molecule has 3 saturated heterocycles. The van der Waals surface area contributed by atoms with Gasteiger partial charge in [0.15, 0.2) is 0 Å². The predicted molar refractivity (Wildman–Crippen MR) is 66.2 cm³/mol. The summed E-state index contributed by atoms with van der Waals surface area (Å²) in [5.41, 5.74) is 0. The summed E-state index contributed by atoms with van der Waals surface area (Å²) < 4.78 is 24.6. The van der Waals surface area contributed by atoms with Gasteiger partial charge >= 0.3 is 0 Å². The van der Waals surface area contributed by atoms with Crippen LogP contribution in [0.15, 0.2) is 0 Å². The smallest absolute Gasteiger partial charge is 0.224 e. The second-order valence-corrected chi connectivity index (χ2v) is 5.76. The highest BCUT2D eigenvalue weighted by atomic mass is 16.8. The Bertz CT molecular complexity index is 262. The second-order valence-electron chi connectivity index (χ2n) is 5.76. The van der Waals surface area contributed by atoms with Crippen LogP contribution in [0.2, 0.25) is 0 Å². The molecular weight excluding hydrogens is 232 g/mol. The number of rotatable bonds is 0. The van der Waals surface area contributed by atoms with Crippen LogP contribution < -0.4 is 0 Å². The summed E-state index contributed by atoms with van der Waals surface area (Å²) in [6, 6.07) is 0. The largest absolute Gasteiger partial charge is 0.345 e. The van der Waals surface area contributed by atoms with E-state index in [2.05, 4.69) is 13.8 Å². The van der Waals surface area contributed by atoms with E-state index < -0.39 is 11.6 Å². The molecular formula is C14H24O4. The second kappa shape index (κ2) is 4.75. The van der Waals surface area contributed by atoms with E-state index in [4.69, 9.17) is 18.9 Å². The van der Waals surface area contributed by atoms with Gasteiger partial charge in [0, 0.05) is 12.8 Å². The van der Waals surface area contributed by atoms with Crippen LogP contribution in [0.3, 0.4) is 0 Å². The van der Waals surface area contributed by atoms with Gasteiger partial charge in [0.2, 0.25) is 11.6 Å². The SMILES string of the molecule is C[C@@H]1OC2(CCCCO2)[C@@]2(CCCCO2)O[C@H]1C. The third-order valence-electron chi connectivity index (χ3n) is 4.46. The van der Waals surface area contributed by atoms with E-state index in [1.807, 2.05) is 0 Å². The molecule has 0 aromatic carbocycles. The van der Waals surface area contributed by atoms with Crippen LogP contribution in [0.4, 0.5) is 0 Å². The van der Waals surface area contributed by atoms with Gasteiger partial charge < -0.3 is 18.9 Å². The highest BCUT2D eigenvalue weighted by molar-refractivity contribution is 4.97. The Morgan fingerprint density at radius 1 is 0.722 bits per heavy atom. The van der Waals surface area contributed by atoms with Crippen molar-refractivity contribution in [2.24, 2.45) is 0 Å². The normalized spacial score (nSPS) is 49.7. The molecule has 1 unspecified atom stereocenters. The summed E-state index contributed by atoms with van der Waals surface area (Å²) in [5, 5.41) is 0. The van der Waals surface area contributed by atoms with Crippen LogP contribution in [0.25, 0.3) is 0 Å². The molecule has 3 aliphatic heterocycles. The van der Waals surface area contributed by atoms with Crippen molar-refractivity contribution in [2.45, 2.75) is 76.2 Å². The van der Waals surface area contributed by atoms with Crippen molar-refractivity contribution in [3.05, 3.63) is 0 Å². The van der Waals surface area contributed by atoms with Gasteiger partial charge in [-0.2, -0.15) is 0 Å². The van der Waals surface area contributed by atoms with Crippen LogP contribution in [0.5, 0.6) is 0 Å². The highest BCUT2D eigenvalue weighted by Gasteiger charge is 2.62. The Balaban J connectivity index is 1.90. The summed E-state index contributed by atoms with van der Waals surface area (Å²) in [5.74, 6) is -1.34. The molecule has 0 aromatic heterocycles. The van der Waals surface area contributed by atoms with Gasteiger partial charge in [-0.05, 0) is 39.5 Å². The van der Waals surface area contributed by atoms with E-state index in [0.717, 1.165) is 51.7 Å². The molecule has 0 amide bonds. The predicted octanol–water partition coefficient (Wildman–Crippen LogP) is 2.60. The molecule has 0 radical (unpaired) electrons. The van der Waals surface area contributed by atoms with Gasteiger partial charge in [0.25, 0.3) is 0 Å². The number of hydrogen-bond acceptors (Lipinski definition) is 4. The van der Waals surface area contributed by atoms with Crippen LogP contribution >= 0.6 is 0 Å². The van der Waals surface area contributed by atoms with Crippen molar-refractivity contribution in [3.63, 3.8) is 0 Å². The minimum Gasteiger partial charge on any atom is -0.345 e. The minimum absolute atomic E-state index is 0.0549. The molecule has 0 aromatic rings. The number of fused-ring (bicyclic) bond motifs is 1. The van der Waals surface area contributed by atoms with E-state index in [1.165, 1.54) is 0 Å². The van der Waals surface area contributed by atoms with E-state index in [9.17, 15) is 0 Å². The van der Waals surface area contributed by atoms with Gasteiger partial charge in [-0.15, -0.1) is 0 Å². The Morgan fingerprint density at radius 2 is 1.17 bits per heavy atom. The molecule has 104 valence electrons. The zero-order valence-electron chi connectivity index (χ0n) is 11.4. The minimum atomic E-state index is -0.669. The first-order valence-electron chi connectivity index (χ1n) is 7.31. The molecule has 18 heavy (non-hydrogen) atoms. The van der Waals surface area contributed by atoms with Gasteiger partial charge in [0.05, 0.1) is 25.4 Å². The fraction of sp³-hybridized carbons (Fsp3) is 1.00. The molecule has 4 heteroatoms. The van der Waals surface area contributed by atoms with Crippen LogP contribution in [0.1, 0.15) is 52.4 Å². The van der Waals surface area contributed by atoms with E-state index in [0.29, 0.717) is 0 Å². The molecule has 4 atom stereocenters. The van der Waals surface area contributed by atoms with Crippen molar-refractivity contribution in [1.29, 1.82) is 0 Å². The fourth-order valence-corrected chi connectivity index (χ4v) is 3.30. The van der Waals surface area contributed by atoms with Gasteiger partial charge in [-0.25, -0.2) is 0 Å². The molecule has 3 aliphatic rings. The molecule has 3 fully saturated rings. The monoisotopic (exact) mass is 256 g/mol. The lowest BCUT2D eigenvalue weighted by Crippen LogP contribution is -2.69. The van der Waals surface area contributed by atoms with Crippen molar-refractivity contribution in [3.8, 4) is 0 Å². The summed E-state index contributed by atoms with van der Waals surface area (Å²) in [6.07, 6.45) is 6.31. The molecule has 0 saturated carbocycles. The quantitative estimate of drug-likeness (QED) is 0.667. The standard InChI is InChI=1S/C14H24O4/c1-11-12(2)18-14(8-4-6-10-16-14)13(17-11)7-3-5-9-15-13/h11-12H,3-10H2,1-2H3/t11-,12-,13+,14?/m0/s1. The summed E-state index contributed by atoms with van der Waals surface area (Å²) >= 11 is 0. The zero-order valence-corrected chi connectivity index (χ0v) is 11.4. The summed E-state index contributed by atoms with van der Waals surface area (Å²) in [4.78, 5) is 0. The molecule has 0 N–H and O–H groups in total. The number of hydrogen-bond donors (Lipinski definition) is 0. The molecule has 4 nitrogen and oxygen atoms in total. The molecule has 3 rings (SSSR count). The van der Waals surface area contributed by atoms with Crippen molar-refractivity contribution < 1.29 is 18.9 Å². The Labute approximate surface area is 109 Å². The van der Waals surface area contributed by atoms with Crippen LogP contribution in [-0.2, 0) is 18.9 Å². The summed E-state index contributed by atoms with van der Waals surface area (Å²) in [7, 11) is 0. The lowest BCUT2D eigenvalue weighted by atomic mass is 9.88. The Morgan fingerprint density at radius 3 is 1.50 bits per heavy atom. The Kier molecular flexibility index (Phi) is 3.39. The van der Waals surface area contributed by atoms with E-state index >= 15 is 0 Å². The van der Waals surface area contributed by atoms with E-state index in [1.54, 1.807) is 0 Å². The van der Waals surface area contributed by atoms with Crippen LogP contribution in [-0.4, -0.2) is 37.0 Å². The lowest BCUT2D eigenvalue weighted by Gasteiger charge is -2.57. The van der Waals surface area contributed by atoms with Crippen LogP contribution in [0, 0.1) is 0 Å². The zero-order chi connectivity index (χ0) is 12.6. The highest BCUT2D eigenvalue weighted by Crippen LogP contribution is 2.48. The maximum atomic E-state index is 6.25. The van der Waals surface area contributed by atoms with Gasteiger partial charge in [-0.1, -0.05) is 0 Å². The van der Waals surface area contributed by atoms with E-state index in [-0.39, 0.29) is 12.2 Å². The molecule has 2 spiro atoms. The van der Waals surface area contributed by atoms with Gasteiger partial charge in [-0.3, -0.25) is 0 Å². The molecule has 3 heterocycles. The average Bonchev–Trinajstić information content (AvgIpc) is 2.39. The first-order chi connectivity index (χ1) is 8.68. The molecule has 0 bridgehead atoms. The average molecular weight is 256 g/mol. The van der Waals surface area contributed by atoms with Crippen molar-refractivity contribution in [1.82, 2.24) is 0 Å². The van der Waals surface area contributed by atoms with Gasteiger partial charge in [0.1, 0.15) is 0 Å². The van der Waals surface area contributed by atoms with Crippen molar-refractivity contribution >= 4 is 0 Å². The number of ether oxygens (including phenoxy) is 4. The topological polar surface area (TPSA) is 36.9 Å². The third-order valence-corrected chi connectivity index (χ3v) is 4.46. The Hall–Kier alpha value is -0.160. The first-order valence-corrected chi connectivity index (χ1v) is 7.31. The molecule has 0 aliphatic carbocycles. The lowest BCUT2D eigenvalue weighted by molar-refractivity contribution is -0.477. The maximum Gasteiger partial charge on any atom is 0.224 e. The maximum absolute atomic E-state index is 6.25. The van der Waals surface area contributed by atoms with Crippen molar-refractivity contribution in [2.75, 3.05) is 13.2 Å².